The highest BCUT2D eigenvalue weighted by Gasteiger charge is 2.36. The topological polar surface area (TPSA) is 62.3 Å². The first-order valence-electron chi connectivity index (χ1n) is 9.60. The van der Waals surface area contributed by atoms with E-state index in [0.29, 0.717) is 25.2 Å². The summed E-state index contributed by atoms with van der Waals surface area (Å²) >= 11 is 0. The molecule has 3 aromatic rings. The van der Waals surface area contributed by atoms with E-state index in [1.807, 2.05) is 68.4 Å². The molecule has 142 valence electrons. The van der Waals surface area contributed by atoms with Crippen molar-refractivity contribution in [2.24, 2.45) is 5.92 Å². The molecule has 2 amide bonds. The summed E-state index contributed by atoms with van der Waals surface area (Å²) in [4.78, 5) is 31.6. The molecule has 28 heavy (non-hydrogen) atoms. The molecule has 0 atom stereocenters. The molecule has 0 unspecified atom stereocenters. The Labute approximate surface area is 164 Å². The third kappa shape index (κ3) is 3.36. The largest absolute Gasteiger partial charge is 0.356 e. The van der Waals surface area contributed by atoms with E-state index in [1.165, 1.54) is 5.56 Å². The fourth-order valence-electron chi connectivity index (χ4n) is 3.52. The smallest absolute Gasteiger partial charge is 0.254 e. The number of hydrogen-bond acceptors (Lipinski definition) is 3. The highest BCUT2D eigenvalue weighted by molar-refractivity contribution is 6.07. The van der Waals surface area contributed by atoms with Crippen molar-refractivity contribution < 1.29 is 9.59 Å². The van der Waals surface area contributed by atoms with Crippen LogP contribution in [0.3, 0.4) is 0 Å². The Morgan fingerprint density at radius 2 is 1.82 bits per heavy atom. The molecule has 2 aromatic carbocycles. The fourth-order valence-corrected chi connectivity index (χ4v) is 3.52. The zero-order valence-corrected chi connectivity index (χ0v) is 16.1. The Morgan fingerprint density at radius 3 is 2.54 bits per heavy atom. The number of amides is 2. The normalized spacial score (nSPS) is 14.0. The molecule has 5 heteroatoms. The van der Waals surface area contributed by atoms with Gasteiger partial charge < -0.3 is 10.2 Å². The van der Waals surface area contributed by atoms with Gasteiger partial charge in [-0.05, 0) is 26.0 Å². The van der Waals surface area contributed by atoms with Crippen LogP contribution in [0.1, 0.15) is 22.8 Å². The Hall–Kier alpha value is -3.21. The van der Waals surface area contributed by atoms with Crippen molar-refractivity contribution >= 4 is 22.7 Å². The number of para-hydroxylation sites is 1. The van der Waals surface area contributed by atoms with Crippen LogP contribution in [0.25, 0.3) is 22.2 Å². The van der Waals surface area contributed by atoms with Gasteiger partial charge in [0.05, 0.1) is 22.7 Å². The van der Waals surface area contributed by atoms with E-state index in [4.69, 9.17) is 4.98 Å². The van der Waals surface area contributed by atoms with E-state index < -0.39 is 0 Å². The SMILES string of the molecule is CCNC(=O)C1CN(C(=O)c2cc(-c3ccc(C)cc3)nc3ccccc23)C1. The second-order valence-corrected chi connectivity index (χ2v) is 7.24. The van der Waals surface area contributed by atoms with Crippen LogP contribution in [0.4, 0.5) is 0 Å². The van der Waals surface area contributed by atoms with Crippen LogP contribution in [0.15, 0.2) is 54.6 Å². The molecule has 0 bridgehead atoms. The number of rotatable bonds is 4. The molecular weight excluding hydrogens is 350 g/mol. The molecule has 1 fully saturated rings. The fraction of sp³-hybridized carbons (Fsp3) is 0.261. The molecule has 1 N–H and O–H groups in total. The maximum absolute atomic E-state index is 13.2. The van der Waals surface area contributed by atoms with E-state index in [9.17, 15) is 9.59 Å². The van der Waals surface area contributed by atoms with Crippen LogP contribution in [0, 0.1) is 12.8 Å². The molecule has 4 rings (SSSR count). The van der Waals surface area contributed by atoms with Gasteiger partial charge >= 0.3 is 0 Å². The molecule has 1 aliphatic rings. The molecule has 1 aliphatic heterocycles. The Kier molecular flexibility index (Phi) is 4.82. The van der Waals surface area contributed by atoms with Gasteiger partial charge in [-0.2, -0.15) is 0 Å². The van der Waals surface area contributed by atoms with Gasteiger partial charge in [0.25, 0.3) is 5.91 Å². The highest BCUT2D eigenvalue weighted by atomic mass is 16.2. The summed E-state index contributed by atoms with van der Waals surface area (Å²) in [6.45, 7) is 5.47. The number of pyridine rings is 1. The molecule has 0 radical (unpaired) electrons. The minimum Gasteiger partial charge on any atom is -0.356 e. The van der Waals surface area contributed by atoms with Crippen LogP contribution in [-0.4, -0.2) is 41.3 Å². The van der Waals surface area contributed by atoms with Gasteiger partial charge in [-0.15, -0.1) is 0 Å². The minimum atomic E-state index is -0.117. The van der Waals surface area contributed by atoms with Crippen LogP contribution < -0.4 is 5.32 Å². The molecular formula is C23H23N3O2. The van der Waals surface area contributed by atoms with Gasteiger partial charge in [0.15, 0.2) is 0 Å². The van der Waals surface area contributed by atoms with Crippen molar-refractivity contribution in [2.75, 3.05) is 19.6 Å². The average Bonchev–Trinajstić information content (AvgIpc) is 2.66. The van der Waals surface area contributed by atoms with Crippen molar-refractivity contribution in [1.82, 2.24) is 15.2 Å². The summed E-state index contributed by atoms with van der Waals surface area (Å²) in [7, 11) is 0. The van der Waals surface area contributed by atoms with E-state index >= 15 is 0 Å². The number of carbonyl (C=O) groups excluding carboxylic acids is 2. The number of carbonyl (C=O) groups is 2. The number of aromatic nitrogens is 1. The van der Waals surface area contributed by atoms with Gasteiger partial charge in [-0.1, -0.05) is 48.0 Å². The third-order valence-corrected chi connectivity index (χ3v) is 5.18. The number of nitrogens with zero attached hydrogens (tertiary/aromatic N) is 2. The summed E-state index contributed by atoms with van der Waals surface area (Å²) in [6, 6.07) is 17.7. The molecule has 0 aliphatic carbocycles. The molecule has 1 aromatic heterocycles. The number of aryl methyl sites for hydroxylation is 1. The number of nitrogens with one attached hydrogen (secondary N) is 1. The predicted octanol–water partition coefficient (Wildman–Crippen LogP) is 3.42. The average molecular weight is 373 g/mol. The quantitative estimate of drug-likeness (QED) is 0.762. The monoisotopic (exact) mass is 373 g/mol. The summed E-state index contributed by atoms with van der Waals surface area (Å²) in [6.07, 6.45) is 0. The lowest BCUT2D eigenvalue weighted by molar-refractivity contribution is -0.128. The standard InChI is InChI=1S/C23H23N3O2/c1-3-24-22(27)17-13-26(14-17)23(28)19-12-21(16-10-8-15(2)9-11-16)25-20-7-5-4-6-18(19)20/h4-12,17H,3,13-14H2,1-2H3,(H,24,27). The summed E-state index contributed by atoms with van der Waals surface area (Å²) in [5.74, 6) is -0.146. The van der Waals surface area contributed by atoms with E-state index in [2.05, 4.69) is 5.32 Å². The third-order valence-electron chi connectivity index (χ3n) is 5.18. The van der Waals surface area contributed by atoms with Crippen LogP contribution in [-0.2, 0) is 4.79 Å². The summed E-state index contributed by atoms with van der Waals surface area (Å²) in [5, 5.41) is 3.66. The van der Waals surface area contributed by atoms with E-state index in [-0.39, 0.29) is 17.7 Å². The highest BCUT2D eigenvalue weighted by Crippen LogP contribution is 2.28. The van der Waals surface area contributed by atoms with Gasteiger partial charge in [0.1, 0.15) is 0 Å². The Morgan fingerprint density at radius 1 is 1.11 bits per heavy atom. The van der Waals surface area contributed by atoms with Crippen molar-refractivity contribution in [2.45, 2.75) is 13.8 Å². The molecule has 0 spiro atoms. The molecule has 0 saturated carbocycles. The van der Waals surface area contributed by atoms with Gasteiger partial charge in [0.2, 0.25) is 5.91 Å². The number of likely N-dealkylation sites (tertiary alicyclic amines) is 1. The number of fused-ring (bicyclic) bond motifs is 1. The lowest BCUT2D eigenvalue weighted by Crippen LogP contribution is -2.55. The zero-order chi connectivity index (χ0) is 19.7. The van der Waals surface area contributed by atoms with Gasteiger partial charge in [0, 0.05) is 30.6 Å². The van der Waals surface area contributed by atoms with Crippen LogP contribution >= 0.6 is 0 Å². The number of hydrogen-bond donors (Lipinski definition) is 1. The van der Waals surface area contributed by atoms with E-state index in [1.54, 1.807) is 4.90 Å². The molecule has 5 nitrogen and oxygen atoms in total. The summed E-state index contributed by atoms with van der Waals surface area (Å²) in [5.41, 5.74) is 4.37. The minimum absolute atomic E-state index is 0.0199. The Bertz CT molecular complexity index is 1040. The van der Waals surface area contributed by atoms with Crippen molar-refractivity contribution in [3.05, 3.63) is 65.7 Å². The van der Waals surface area contributed by atoms with Crippen LogP contribution in [0.5, 0.6) is 0 Å². The second-order valence-electron chi connectivity index (χ2n) is 7.24. The van der Waals surface area contributed by atoms with Crippen LogP contribution in [0.2, 0.25) is 0 Å². The first kappa shape index (κ1) is 18.2. The molecule has 1 saturated heterocycles. The first-order chi connectivity index (χ1) is 13.6. The van der Waals surface area contributed by atoms with Gasteiger partial charge in [-0.25, -0.2) is 4.98 Å². The first-order valence-corrected chi connectivity index (χ1v) is 9.60. The maximum atomic E-state index is 13.2. The maximum Gasteiger partial charge on any atom is 0.254 e. The van der Waals surface area contributed by atoms with E-state index in [0.717, 1.165) is 22.2 Å². The lowest BCUT2D eigenvalue weighted by atomic mass is 9.96. The molecule has 2 heterocycles. The lowest BCUT2D eigenvalue weighted by Gasteiger charge is -2.38. The zero-order valence-electron chi connectivity index (χ0n) is 16.1. The second kappa shape index (κ2) is 7.43. The number of benzene rings is 2. The van der Waals surface area contributed by atoms with Gasteiger partial charge in [-0.3, -0.25) is 9.59 Å². The predicted molar refractivity (Wildman–Crippen MR) is 110 cm³/mol. The Balaban J connectivity index is 1.67. The summed E-state index contributed by atoms with van der Waals surface area (Å²) < 4.78 is 0. The van der Waals surface area contributed by atoms with Crippen molar-refractivity contribution in [3.63, 3.8) is 0 Å². The van der Waals surface area contributed by atoms with Crippen molar-refractivity contribution in [1.29, 1.82) is 0 Å². The van der Waals surface area contributed by atoms with Crippen molar-refractivity contribution in [3.8, 4) is 11.3 Å².